The second-order valence-corrected chi connectivity index (χ2v) is 3.71. The SMILES string of the molecule is Cn1ccc(Nc2nc3c(N)cccc3o2)n1. The van der Waals surface area contributed by atoms with Gasteiger partial charge in [-0.25, -0.2) is 0 Å². The summed E-state index contributed by atoms with van der Waals surface area (Å²) in [5, 5.41) is 7.15. The zero-order valence-electron chi connectivity index (χ0n) is 9.21. The predicted octanol–water partition coefficient (Wildman–Crippen LogP) is 1.89. The van der Waals surface area contributed by atoms with Gasteiger partial charge in [0.2, 0.25) is 0 Å². The van der Waals surface area contributed by atoms with E-state index in [1.165, 1.54) is 0 Å². The molecule has 0 saturated carbocycles. The fourth-order valence-corrected chi connectivity index (χ4v) is 1.61. The Hall–Kier alpha value is -2.50. The van der Waals surface area contributed by atoms with Gasteiger partial charge >= 0.3 is 6.01 Å². The largest absolute Gasteiger partial charge is 0.423 e. The van der Waals surface area contributed by atoms with Crippen LogP contribution >= 0.6 is 0 Å². The van der Waals surface area contributed by atoms with E-state index in [0.717, 1.165) is 0 Å². The zero-order valence-corrected chi connectivity index (χ0v) is 9.21. The molecule has 6 heteroatoms. The van der Waals surface area contributed by atoms with Crippen LogP contribution in [0.15, 0.2) is 34.9 Å². The first-order valence-corrected chi connectivity index (χ1v) is 5.14. The van der Waals surface area contributed by atoms with Crippen LogP contribution in [0, 0.1) is 0 Å². The Morgan fingerprint density at radius 2 is 2.24 bits per heavy atom. The van der Waals surface area contributed by atoms with Gasteiger partial charge in [-0.05, 0) is 12.1 Å². The van der Waals surface area contributed by atoms with Crippen LogP contribution in [0.2, 0.25) is 0 Å². The standard InChI is InChI=1S/C11H11N5O/c1-16-6-5-9(15-16)13-11-14-10-7(12)3-2-4-8(10)17-11/h2-6H,12H2,1H3,(H,13,14,15). The smallest absolute Gasteiger partial charge is 0.301 e. The summed E-state index contributed by atoms with van der Waals surface area (Å²) >= 11 is 0. The van der Waals surface area contributed by atoms with Crippen LogP contribution in [-0.4, -0.2) is 14.8 Å². The third-order valence-corrected chi connectivity index (χ3v) is 2.40. The van der Waals surface area contributed by atoms with Gasteiger partial charge in [-0.2, -0.15) is 10.1 Å². The number of nitrogens with one attached hydrogen (secondary N) is 1. The van der Waals surface area contributed by atoms with Crippen LogP contribution in [0.3, 0.4) is 0 Å². The second-order valence-electron chi connectivity index (χ2n) is 3.71. The molecule has 0 bridgehead atoms. The number of para-hydroxylation sites is 1. The zero-order chi connectivity index (χ0) is 11.8. The molecule has 0 fully saturated rings. The van der Waals surface area contributed by atoms with Crippen molar-refractivity contribution in [2.24, 2.45) is 7.05 Å². The van der Waals surface area contributed by atoms with E-state index in [2.05, 4.69) is 15.4 Å². The molecule has 0 aliphatic rings. The third-order valence-electron chi connectivity index (χ3n) is 2.40. The molecule has 0 atom stereocenters. The van der Waals surface area contributed by atoms with Crippen LogP contribution in [0.4, 0.5) is 17.5 Å². The lowest BCUT2D eigenvalue weighted by Gasteiger charge is -1.94. The Kier molecular flexibility index (Phi) is 2.01. The van der Waals surface area contributed by atoms with Gasteiger partial charge < -0.3 is 10.2 Å². The maximum Gasteiger partial charge on any atom is 0.301 e. The number of anilines is 3. The Balaban J connectivity index is 1.98. The number of aryl methyl sites for hydroxylation is 1. The fourth-order valence-electron chi connectivity index (χ4n) is 1.61. The average molecular weight is 229 g/mol. The van der Waals surface area contributed by atoms with Gasteiger partial charge in [0.15, 0.2) is 11.4 Å². The first kappa shape index (κ1) is 9.71. The minimum atomic E-state index is 0.386. The molecule has 17 heavy (non-hydrogen) atoms. The molecule has 1 aromatic carbocycles. The summed E-state index contributed by atoms with van der Waals surface area (Å²) in [6.07, 6.45) is 1.83. The summed E-state index contributed by atoms with van der Waals surface area (Å²) in [7, 11) is 1.84. The number of nitrogen functional groups attached to an aromatic ring is 1. The van der Waals surface area contributed by atoms with E-state index in [1.807, 2.05) is 31.4 Å². The summed E-state index contributed by atoms with van der Waals surface area (Å²) in [4.78, 5) is 4.26. The fraction of sp³-hybridized carbons (Fsp3) is 0.0909. The van der Waals surface area contributed by atoms with Gasteiger partial charge in [-0.15, -0.1) is 0 Å². The van der Waals surface area contributed by atoms with E-state index in [1.54, 1.807) is 10.7 Å². The van der Waals surface area contributed by atoms with Crippen molar-refractivity contribution in [3.8, 4) is 0 Å². The van der Waals surface area contributed by atoms with Crippen molar-refractivity contribution in [2.45, 2.75) is 0 Å². The molecule has 0 unspecified atom stereocenters. The molecule has 0 aliphatic carbocycles. The minimum Gasteiger partial charge on any atom is -0.423 e. The van der Waals surface area contributed by atoms with Crippen molar-refractivity contribution in [3.05, 3.63) is 30.5 Å². The molecule has 86 valence electrons. The van der Waals surface area contributed by atoms with Crippen molar-refractivity contribution in [1.82, 2.24) is 14.8 Å². The molecule has 6 nitrogen and oxygen atoms in total. The lowest BCUT2D eigenvalue weighted by Crippen LogP contribution is -1.93. The molecule has 0 radical (unpaired) electrons. The van der Waals surface area contributed by atoms with Crippen LogP contribution in [-0.2, 0) is 7.05 Å². The van der Waals surface area contributed by atoms with Crippen molar-refractivity contribution in [2.75, 3.05) is 11.1 Å². The number of aromatic nitrogens is 3. The quantitative estimate of drug-likeness (QED) is 0.656. The number of hydrogen-bond acceptors (Lipinski definition) is 5. The van der Waals surface area contributed by atoms with Crippen LogP contribution in [0.1, 0.15) is 0 Å². The molecular formula is C11H11N5O. The lowest BCUT2D eigenvalue weighted by molar-refractivity contribution is 0.621. The minimum absolute atomic E-state index is 0.386. The highest BCUT2D eigenvalue weighted by molar-refractivity contribution is 5.86. The highest BCUT2D eigenvalue weighted by Crippen LogP contribution is 2.24. The van der Waals surface area contributed by atoms with E-state index in [0.29, 0.717) is 28.6 Å². The van der Waals surface area contributed by atoms with Crippen molar-refractivity contribution in [1.29, 1.82) is 0 Å². The van der Waals surface area contributed by atoms with E-state index in [4.69, 9.17) is 10.2 Å². The van der Waals surface area contributed by atoms with E-state index < -0.39 is 0 Å². The van der Waals surface area contributed by atoms with E-state index in [-0.39, 0.29) is 0 Å². The molecule has 0 aliphatic heterocycles. The van der Waals surface area contributed by atoms with Crippen LogP contribution in [0.5, 0.6) is 0 Å². The first-order valence-electron chi connectivity index (χ1n) is 5.14. The molecule has 3 aromatic rings. The summed E-state index contributed by atoms with van der Waals surface area (Å²) < 4.78 is 7.20. The second kappa shape index (κ2) is 3.51. The molecule has 3 rings (SSSR count). The van der Waals surface area contributed by atoms with Gasteiger partial charge in [-0.1, -0.05) is 6.07 Å². The third kappa shape index (κ3) is 1.69. The molecule has 0 spiro atoms. The number of oxazole rings is 1. The topological polar surface area (TPSA) is 81.9 Å². The van der Waals surface area contributed by atoms with Gasteiger partial charge in [0.1, 0.15) is 5.52 Å². The summed E-state index contributed by atoms with van der Waals surface area (Å²) in [5.74, 6) is 0.678. The monoisotopic (exact) mass is 229 g/mol. The summed E-state index contributed by atoms with van der Waals surface area (Å²) in [6, 6.07) is 7.65. The van der Waals surface area contributed by atoms with Crippen molar-refractivity contribution in [3.63, 3.8) is 0 Å². The van der Waals surface area contributed by atoms with Gasteiger partial charge in [0.05, 0.1) is 5.69 Å². The molecule has 2 aromatic heterocycles. The Morgan fingerprint density at radius 1 is 1.35 bits per heavy atom. The lowest BCUT2D eigenvalue weighted by atomic mass is 10.3. The first-order chi connectivity index (χ1) is 8.22. The number of nitrogens with two attached hydrogens (primary N) is 1. The number of rotatable bonds is 2. The molecule has 3 N–H and O–H groups in total. The molecule has 0 amide bonds. The average Bonchev–Trinajstić information content (AvgIpc) is 2.86. The Bertz CT molecular complexity index is 669. The van der Waals surface area contributed by atoms with E-state index >= 15 is 0 Å². The van der Waals surface area contributed by atoms with Crippen molar-refractivity contribution < 1.29 is 4.42 Å². The van der Waals surface area contributed by atoms with Crippen LogP contribution in [0.25, 0.3) is 11.1 Å². The Morgan fingerprint density at radius 3 is 2.94 bits per heavy atom. The van der Waals surface area contributed by atoms with Crippen LogP contribution < -0.4 is 11.1 Å². The van der Waals surface area contributed by atoms with E-state index in [9.17, 15) is 0 Å². The Labute approximate surface area is 97.0 Å². The normalized spacial score (nSPS) is 10.9. The summed E-state index contributed by atoms with van der Waals surface area (Å²) in [5.41, 5.74) is 7.71. The predicted molar refractivity (Wildman–Crippen MR) is 64.9 cm³/mol. The number of hydrogen-bond donors (Lipinski definition) is 2. The number of nitrogens with zero attached hydrogens (tertiary/aromatic N) is 3. The van der Waals surface area contributed by atoms with Gasteiger partial charge in [0.25, 0.3) is 0 Å². The molecular weight excluding hydrogens is 218 g/mol. The summed E-state index contributed by atoms with van der Waals surface area (Å²) in [6.45, 7) is 0. The molecule has 0 saturated heterocycles. The number of benzene rings is 1. The molecule has 2 heterocycles. The maximum atomic E-state index is 5.80. The van der Waals surface area contributed by atoms with Gasteiger partial charge in [-0.3, -0.25) is 10.00 Å². The number of fused-ring (bicyclic) bond motifs is 1. The highest BCUT2D eigenvalue weighted by atomic mass is 16.4. The maximum absolute atomic E-state index is 5.80. The highest BCUT2D eigenvalue weighted by Gasteiger charge is 2.08. The van der Waals surface area contributed by atoms with Crippen molar-refractivity contribution >= 4 is 28.6 Å². The van der Waals surface area contributed by atoms with Gasteiger partial charge in [0, 0.05) is 19.3 Å².